The molecular formula is HFMoS2. The van der Waals surface area contributed by atoms with Crippen molar-refractivity contribution >= 4 is 19.6 Å². The third-order valence-corrected chi connectivity index (χ3v) is 0. The third kappa shape index (κ3) is 11.6. The monoisotopic (exact) mass is 182 g/mol. The molecule has 0 spiro atoms. The van der Waals surface area contributed by atoms with Crippen LogP contribution in [0.25, 0.3) is 0 Å². The summed E-state index contributed by atoms with van der Waals surface area (Å²) < 4.78 is 0. The van der Waals surface area contributed by atoms with E-state index >= 15 is 0 Å². The van der Waals surface area contributed by atoms with Gasteiger partial charge in [0.05, 0.1) is 0 Å². The summed E-state index contributed by atoms with van der Waals surface area (Å²) in [4.78, 5) is 0. The fourth-order valence-corrected chi connectivity index (χ4v) is 0. The summed E-state index contributed by atoms with van der Waals surface area (Å²) in [5.41, 5.74) is 0. The van der Waals surface area contributed by atoms with Crippen LogP contribution in [0.1, 0.15) is 0 Å². The average Bonchev–Trinajstić information content (AvgIpc) is 0.918. The van der Waals surface area contributed by atoms with E-state index in [2.05, 4.69) is 19.6 Å². The van der Waals surface area contributed by atoms with Gasteiger partial charge in [-0.3, -0.25) is 4.70 Å². The summed E-state index contributed by atoms with van der Waals surface area (Å²) in [6, 6.07) is 0. The first-order chi connectivity index (χ1) is 1.41. The summed E-state index contributed by atoms with van der Waals surface area (Å²) >= 11 is -0.363. The normalized spacial score (nSPS) is 3.00. The van der Waals surface area contributed by atoms with Crippen molar-refractivity contribution in [3.63, 3.8) is 0 Å². The first-order valence-electron chi connectivity index (χ1n) is 0.333. The van der Waals surface area contributed by atoms with E-state index in [1.807, 2.05) is 0 Å². The molecule has 4 heteroatoms. The van der Waals surface area contributed by atoms with Gasteiger partial charge in [0.1, 0.15) is 0 Å². The molecule has 0 aliphatic rings. The molecule has 0 unspecified atom stereocenters. The van der Waals surface area contributed by atoms with Gasteiger partial charge >= 0.3 is 34.6 Å². The van der Waals surface area contributed by atoms with Crippen molar-refractivity contribution in [2.24, 2.45) is 0 Å². The van der Waals surface area contributed by atoms with Crippen LogP contribution in [-0.2, 0) is 14.9 Å². The maximum absolute atomic E-state index is 4.34. The second kappa shape index (κ2) is 8.96. The van der Waals surface area contributed by atoms with Gasteiger partial charge < -0.3 is 0 Å². The van der Waals surface area contributed by atoms with Crippen LogP contribution in [0.2, 0.25) is 0 Å². The molecule has 0 nitrogen and oxygen atoms in total. The van der Waals surface area contributed by atoms with Gasteiger partial charge in [-0.1, -0.05) is 0 Å². The van der Waals surface area contributed by atoms with E-state index in [-0.39, 0.29) is 19.6 Å². The van der Waals surface area contributed by atoms with Crippen molar-refractivity contribution in [1.29, 1.82) is 0 Å². The molecule has 0 aromatic carbocycles. The molecule has 0 bridgehead atoms. The fourth-order valence-electron chi connectivity index (χ4n) is 0. The Kier molecular flexibility index (Phi) is 20.0. The third-order valence-electron chi connectivity index (χ3n) is 0. The zero-order chi connectivity index (χ0) is 2.71. The zero-order valence-corrected chi connectivity index (χ0v) is 5.27. The Bertz CT molecular complexity index is 27.0. The molecule has 0 aliphatic carbocycles. The molecule has 0 atom stereocenters. The Morgan fingerprint density at radius 2 is 1.25 bits per heavy atom. The number of hydrogen-bond acceptors (Lipinski definition) is 2. The molecule has 0 aromatic heterocycles. The fraction of sp³-hybridized carbons (Fsp3) is 0. The quantitative estimate of drug-likeness (QED) is 0.517. The average molecular weight is 180 g/mol. The van der Waals surface area contributed by atoms with Gasteiger partial charge in [0.2, 0.25) is 0 Å². The summed E-state index contributed by atoms with van der Waals surface area (Å²) in [6.07, 6.45) is 0. The van der Waals surface area contributed by atoms with Gasteiger partial charge in [-0.25, -0.2) is 0 Å². The molecule has 0 N–H and O–H groups in total. The van der Waals surface area contributed by atoms with E-state index in [0.717, 1.165) is 0 Å². The van der Waals surface area contributed by atoms with E-state index in [0.29, 0.717) is 0 Å². The maximum atomic E-state index is 4.34. The van der Waals surface area contributed by atoms with Crippen LogP contribution in [-0.4, -0.2) is 0 Å². The van der Waals surface area contributed by atoms with Gasteiger partial charge in [0.15, 0.2) is 0 Å². The molecule has 0 aromatic rings. The van der Waals surface area contributed by atoms with Gasteiger partial charge in [-0.2, -0.15) is 0 Å². The summed E-state index contributed by atoms with van der Waals surface area (Å²) in [5.74, 6) is 0. The number of rotatable bonds is 0. The van der Waals surface area contributed by atoms with Crippen molar-refractivity contribution in [1.82, 2.24) is 0 Å². The standard InChI is InChI=1S/FH.Mo.2S/h1H;;;. The Morgan fingerprint density at radius 1 is 1.25 bits per heavy atom. The topological polar surface area (TPSA) is 0 Å². The van der Waals surface area contributed by atoms with Crippen molar-refractivity contribution in [2.45, 2.75) is 0 Å². The predicted molar refractivity (Wildman–Crippen MR) is 17.7 cm³/mol. The van der Waals surface area contributed by atoms with Crippen molar-refractivity contribution < 1.29 is 19.6 Å². The predicted octanol–water partition coefficient (Wildman–Crippen LogP) is 1.45. The zero-order valence-electron chi connectivity index (χ0n) is 1.63. The minimum atomic E-state index is -0.363. The van der Waals surface area contributed by atoms with Crippen LogP contribution < -0.4 is 0 Å². The molecule has 26 valence electrons. The van der Waals surface area contributed by atoms with E-state index in [9.17, 15) is 0 Å². The molecule has 0 radical (unpaired) electrons. The van der Waals surface area contributed by atoms with E-state index in [1.54, 1.807) is 0 Å². The Morgan fingerprint density at radius 3 is 1.25 bits per heavy atom. The Hall–Kier alpha value is 1.06. The van der Waals surface area contributed by atoms with Gasteiger partial charge in [0.25, 0.3) is 0 Å². The molecule has 0 saturated carbocycles. The van der Waals surface area contributed by atoms with Crippen molar-refractivity contribution in [3.05, 3.63) is 0 Å². The van der Waals surface area contributed by atoms with Gasteiger partial charge in [-0.15, -0.1) is 0 Å². The molecule has 0 amide bonds. The number of halogens is 1. The van der Waals surface area contributed by atoms with E-state index in [4.69, 9.17) is 0 Å². The SMILES string of the molecule is F.[S]=[Mo]=[S]. The summed E-state index contributed by atoms with van der Waals surface area (Å²) in [6.45, 7) is 0. The molecule has 0 heterocycles. The van der Waals surface area contributed by atoms with Crippen molar-refractivity contribution in [2.75, 3.05) is 0 Å². The summed E-state index contributed by atoms with van der Waals surface area (Å²) in [7, 11) is 8.68. The van der Waals surface area contributed by atoms with Crippen LogP contribution in [0.3, 0.4) is 0 Å². The van der Waals surface area contributed by atoms with Crippen LogP contribution in [0, 0.1) is 0 Å². The minimum absolute atomic E-state index is 0. The van der Waals surface area contributed by atoms with Gasteiger partial charge in [0, 0.05) is 0 Å². The van der Waals surface area contributed by atoms with Crippen LogP contribution in [0.15, 0.2) is 0 Å². The van der Waals surface area contributed by atoms with Crippen molar-refractivity contribution in [3.8, 4) is 0 Å². The van der Waals surface area contributed by atoms with Crippen LogP contribution >= 0.6 is 19.6 Å². The van der Waals surface area contributed by atoms with Crippen LogP contribution in [0.4, 0.5) is 4.70 Å². The van der Waals surface area contributed by atoms with Gasteiger partial charge in [-0.05, 0) is 0 Å². The Labute approximate surface area is 39.4 Å². The van der Waals surface area contributed by atoms with E-state index in [1.165, 1.54) is 0 Å². The summed E-state index contributed by atoms with van der Waals surface area (Å²) in [5, 5.41) is 0. The Balaban J connectivity index is 0. The second-order valence-electron chi connectivity index (χ2n) is 0.0680. The molecule has 0 fully saturated rings. The molecule has 0 rings (SSSR count). The molecule has 0 saturated heterocycles. The van der Waals surface area contributed by atoms with E-state index < -0.39 is 0 Å². The molecule has 4 heavy (non-hydrogen) atoms. The molecule has 0 aliphatic heterocycles. The van der Waals surface area contributed by atoms with Crippen LogP contribution in [0.5, 0.6) is 0 Å². The first kappa shape index (κ1) is 8.91. The first-order valence-corrected chi connectivity index (χ1v) is 5.92. The number of hydrogen-bond donors (Lipinski definition) is 0. The molecular weight excluding hydrogens is 179 g/mol. The second-order valence-corrected chi connectivity index (χ2v) is 3.62.